The van der Waals surface area contributed by atoms with E-state index in [1.807, 2.05) is 16.9 Å². The minimum Gasteiger partial charge on any atom is -0.315 e. The van der Waals surface area contributed by atoms with E-state index in [0.29, 0.717) is 6.04 Å². The van der Waals surface area contributed by atoms with Gasteiger partial charge in [0.1, 0.15) is 11.4 Å². The third-order valence-corrected chi connectivity index (χ3v) is 3.08. The number of nitrogens with one attached hydrogen (secondary N) is 1. The van der Waals surface area contributed by atoms with Gasteiger partial charge in [-0.25, -0.2) is 0 Å². The Morgan fingerprint density at radius 3 is 3.06 bits per heavy atom. The molecule has 2 aromatic rings. The minimum atomic E-state index is 0.467. The van der Waals surface area contributed by atoms with Gasteiger partial charge < -0.3 is 5.32 Å². The number of nitrogens with zero attached hydrogens (tertiary/aromatic N) is 4. The second-order valence-corrected chi connectivity index (χ2v) is 4.27. The van der Waals surface area contributed by atoms with Crippen LogP contribution in [-0.2, 0) is 0 Å². The number of hydrogen-bond acceptors (Lipinski definition) is 4. The van der Waals surface area contributed by atoms with Gasteiger partial charge in [0.15, 0.2) is 0 Å². The monoisotopic (exact) mass is 229 g/mol. The molecule has 1 fully saturated rings. The Hall–Kier alpha value is -1.75. The third-order valence-electron chi connectivity index (χ3n) is 3.08. The van der Waals surface area contributed by atoms with E-state index in [1.165, 1.54) is 12.8 Å². The molecule has 5 nitrogen and oxygen atoms in total. The number of aromatic nitrogens is 4. The van der Waals surface area contributed by atoms with E-state index in [9.17, 15) is 0 Å². The molecule has 3 rings (SSSR count). The van der Waals surface area contributed by atoms with Crippen LogP contribution in [0.1, 0.15) is 18.9 Å². The predicted octanol–water partition coefficient (Wildman–Crippen LogP) is 1.26. The van der Waals surface area contributed by atoms with E-state index >= 15 is 0 Å². The van der Waals surface area contributed by atoms with Crippen LogP contribution in [0, 0.1) is 0 Å². The topological polar surface area (TPSA) is 55.6 Å². The van der Waals surface area contributed by atoms with Crippen LogP contribution in [0.25, 0.3) is 11.4 Å². The maximum atomic E-state index is 4.58. The van der Waals surface area contributed by atoms with E-state index in [0.717, 1.165) is 24.5 Å². The summed E-state index contributed by atoms with van der Waals surface area (Å²) in [5.41, 5.74) is 1.72. The molecule has 0 amide bonds. The molecule has 88 valence electrons. The summed E-state index contributed by atoms with van der Waals surface area (Å²) in [6.45, 7) is 2.12. The molecule has 0 aromatic carbocycles. The zero-order chi connectivity index (χ0) is 11.5. The maximum Gasteiger partial charge on any atom is 0.112 e. The highest BCUT2D eigenvalue weighted by Crippen LogP contribution is 2.19. The second kappa shape index (κ2) is 4.63. The molecule has 1 aliphatic rings. The summed E-state index contributed by atoms with van der Waals surface area (Å²) in [5, 5.41) is 7.97. The van der Waals surface area contributed by atoms with Crippen molar-refractivity contribution in [3.05, 3.63) is 30.9 Å². The molecule has 1 N–H and O–H groups in total. The number of hydrogen-bond donors (Lipinski definition) is 1. The molecule has 0 spiro atoms. The summed E-state index contributed by atoms with van der Waals surface area (Å²) in [5.74, 6) is 0. The van der Waals surface area contributed by atoms with Crippen LogP contribution in [0.3, 0.4) is 0 Å². The van der Waals surface area contributed by atoms with Gasteiger partial charge in [-0.15, -0.1) is 0 Å². The molecule has 0 saturated carbocycles. The molecular weight excluding hydrogens is 214 g/mol. The molecule has 2 aromatic heterocycles. The van der Waals surface area contributed by atoms with Crippen LogP contribution in [0.5, 0.6) is 0 Å². The van der Waals surface area contributed by atoms with Gasteiger partial charge >= 0.3 is 0 Å². The van der Waals surface area contributed by atoms with E-state index in [4.69, 9.17) is 0 Å². The van der Waals surface area contributed by atoms with Crippen molar-refractivity contribution < 1.29 is 0 Å². The van der Waals surface area contributed by atoms with Crippen molar-refractivity contribution in [2.45, 2.75) is 18.9 Å². The largest absolute Gasteiger partial charge is 0.315 e. The summed E-state index contributed by atoms with van der Waals surface area (Å²) >= 11 is 0. The SMILES string of the molecule is c1cnc(-c2ccn([C@H]3CCCNC3)n2)cn1. The molecule has 3 heterocycles. The van der Waals surface area contributed by atoms with E-state index in [1.54, 1.807) is 18.6 Å². The van der Waals surface area contributed by atoms with Gasteiger partial charge in [-0.3, -0.25) is 14.6 Å². The van der Waals surface area contributed by atoms with Crippen molar-refractivity contribution >= 4 is 0 Å². The highest BCUT2D eigenvalue weighted by atomic mass is 15.3. The molecular formula is C12H15N5. The molecule has 0 unspecified atom stereocenters. The first-order chi connectivity index (χ1) is 8.43. The molecule has 1 atom stereocenters. The first-order valence-corrected chi connectivity index (χ1v) is 5.96. The van der Waals surface area contributed by atoms with Crippen molar-refractivity contribution in [2.75, 3.05) is 13.1 Å². The lowest BCUT2D eigenvalue weighted by molar-refractivity contribution is 0.347. The van der Waals surface area contributed by atoms with Crippen molar-refractivity contribution in [3.8, 4) is 11.4 Å². The van der Waals surface area contributed by atoms with Gasteiger partial charge in [-0.1, -0.05) is 0 Å². The first-order valence-electron chi connectivity index (χ1n) is 5.96. The number of piperidine rings is 1. The van der Waals surface area contributed by atoms with Gasteiger partial charge in [-0.05, 0) is 25.5 Å². The van der Waals surface area contributed by atoms with Gasteiger partial charge in [0, 0.05) is 25.1 Å². The Kier molecular flexibility index (Phi) is 2.83. The maximum absolute atomic E-state index is 4.58. The molecule has 0 aliphatic carbocycles. The lowest BCUT2D eigenvalue weighted by Crippen LogP contribution is -2.31. The molecule has 1 aliphatic heterocycles. The standard InChI is InChI=1S/C12H15N5/c1-2-10(8-13-4-1)17-7-3-11(16-17)12-9-14-5-6-15-12/h3,5-7,9-10,13H,1-2,4,8H2/t10-/m0/s1. The summed E-state index contributed by atoms with van der Waals surface area (Å²) in [6.07, 6.45) is 9.54. The minimum absolute atomic E-state index is 0.467. The summed E-state index contributed by atoms with van der Waals surface area (Å²) in [6, 6.07) is 2.47. The fourth-order valence-corrected chi connectivity index (χ4v) is 2.17. The molecule has 0 radical (unpaired) electrons. The van der Waals surface area contributed by atoms with Crippen LogP contribution in [0.2, 0.25) is 0 Å². The first kappa shape index (κ1) is 10.4. The molecule has 1 saturated heterocycles. The Balaban J connectivity index is 1.83. The quantitative estimate of drug-likeness (QED) is 0.842. The number of rotatable bonds is 2. The molecule has 5 heteroatoms. The Morgan fingerprint density at radius 2 is 2.29 bits per heavy atom. The average Bonchev–Trinajstić information content (AvgIpc) is 2.90. The normalized spacial score (nSPS) is 20.4. The fraction of sp³-hybridized carbons (Fsp3) is 0.417. The summed E-state index contributed by atoms with van der Waals surface area (Å²) < 4.78 is 2.04. The van der Waals surface area contributed by atoms with Crippen LogP contribution >= 0.6 is 0 Å². The van der Waals surface area contributed by atoms with Crippen molar-refractivity contribution in [1.82, 2.24) is 25.1 Å². The third kappa shape index (κ3) is 2.19. The molecule has 17 heavy (non-hydrogen) atoms. The highest BCUT2D eigenvalue weighted by Gasteiger charge is 2.16. The second-order valence-electron chi connectivity index (χ2n) is 4.27. The van der Waals surface area contributed by atoms with E-state index in [2.05, 4.69) is 20.4 Å². The van der Waals surface area contributed by atoms with Crippen molar-refractivity contribution in [3.63, 3.8) is 0 Å². The van der Waals surface area contributed by atoms with Crippen LogP contribution < -0.4 is 5.32 Å². The van der Waals surface area contributed by atoms with Gasteiger partial charge in [0.25, 0.3) is 0 Å². The van der Waals surface area contributed by atoms with Crippen molar-refractivity contribution in [2.24, 2.45) is 0 Å². The summed E-state index contributed by atoms with van der Waals surface area (Å²) in [7, 11) is 0. The lowest BCUT2D eigenvalue weighted by Gasteiger charge is -2.22. The Bertz CT molecular complexity index is 473. The van der Waals surface area contributed by atoms with Gasteiger partial charge in [-0.2, -0.15) is 5.10 Å². The lowest BCUT2D eigenvalue weighted by atomic mass is 10.1. The van der Waals surface area contributed by atoms with Crippen LogP contribution in [0.15, 0.2) is 30.9 Å². The Morgan fingerprint density at radius 1 is 1.29 bits per heavy atom. The van der Waals surface area contributed by atoms with Crippen LogP contribution in [-0.4, -0.2) is 32.8 Å². The van der Waals surface area contributed by atoms with E-state index in [-0.39, 0.29) is 0 Å². The van der Waals surface area contributed by atoms with Gasteiger partial charge in [0.05, 0.1) is 12.2 Å². The van der Waals surface area contributed by atoms with Gasteiger partial charge in [0.2, 0.25) is 0 Å². The highest BCUT2D eigenvalue weighted by molar-refractivity contribution is 5.51. The van der Waals surface area contributed by atoms with Crippen LogP contribution in [0.4, 0.5) is 0 Å². The summed E-state index contributed by atoms with van der Waals surface area (Å²) in [4.78, 5) is 8.31. The predicted molar refractivity (Wildman–Crippen MR) is 64.4 cm³/mol. The Labute approximate surface area is 99.9 Å². The smallest absolute Gasteiger partial charge is 0.112 e. The zero-order valence-electron chi connectivity index (χ0n) is 9.58. The average molecular weight is 229 g/mol. The fourth-order valence-electron chi connectivity index (χ4n) is 2.17. The van der Waals surface area contributed by atoms with E-state index < -0.39 is 0 Å². The molecule has 0 bridgehead atoms. The van der Waals surface area contributed by atoms with Crippen molar-refractivity contribution in [1.29, 1.82) is 0 Å². The zero-order valence-corrected chi connectivity index (χ0v) is 9.58.